The Morgan fingerprint density at radius 1 is 1.42 bits per heavy atom. The smallest absolute Gasteiger partial charge is 0.283 e. The molecule has 2 heterocycles. The number of carbonyl (C=O) groups is 1. The van der Waals surface area contributed by atoms with E-state index in [0.29, 0.717) is 22.8 Å². The van der Waals surface area contributed by atoms with Crippen LogP contribution in [0.4, 0.5) is 0 Å². The Hall–Kier alpha value is -2.58. The second-order valence-electron chi connectivity index (χ2n) is 4.85. The van der Waals surface area contributed by atoms with Crippen LogP contribution in [0.25, 0.3) is 16.6 Å². The summed E-state index contributed by atoms with van der Waals surface area (Å²) in [5.74, 6) is -0.799. The number of rotatable bonds is 3. The summed E-state index contributed by atoms with van der Waals surface area (Å²) in [4.78, 5) is 15.6. The fourth-order valence-corrected chi connectivity index (χ4v) is 2.58. The molecule has 0 fully saturated rings. The lowest BCUT2D eigenvalue weighted by Gasteiger charge is -2.07. The van der Waals surface area contributed by atoms with Crippen molar-refractivity contribution in [1.29, 1.82) is 0 Å². The number of benzene rings is 1. The molecule has 3 aromatic rings. The Morgan fingerprint density at radius 2 is 2.17 bits per heavy atom. The fourth-order valence-electron chi connectivity index (χ4n) is 2.39. The summed E-state index contributed by atoms with van der Waals surface area (Å²) >= 11 is 6.07. The van der Waals surface area contributed by atoms with E-state index in [9.17, 15) is 4.79 Å². The molecule has 2 aromatic heterocycles. The number of carbonyl (C=O) groups excluding carboxylic acids is 1. The Morgan fingerprint density at radius 3 is 2.83 bits per heavy atom. The molecule has 3 rings (SSSR count). The Labute approximate surface area is 148 Å². The third kappa shape index (κ3) is 3.06. The number of fused-ring (bicyclic) bond motifs is 1. The molecule has 0 spiro atoms. The van der Waals surface area contributed by atoms with Crippen molar-refractivity contribution in [2.45, 2.75) is 13.3 Å². The minimum atomic E-state index is -0.518. The van der Waals surface area contributed by atoms with Crippen LogP contribution in [0.5, 0.6) is 0 Å². The van der Waals surface area contributed by atoms with E-state index in [1.54, 1.807) is 4.68 Å². The van der Waals surface area contributed by atoms with Crippen LogP contribution < -0.4 is 11.5 Å². The van der Waals surface area contributed by atoms with Crippen molar-refractivity contribution in [3.8, 4) is 5.69 Å². The lowest BCUT2D eigenvalue weighted by atomic mass is 10.2. The molecule has 1 aromatic carbocycles. The van der Waals surface area contributed by atoms with E-state index in [1.165, 1.54) is 6.20 Å². The van der Waals surface area contributed by atoms with Gasteiger partial charge in [-0.3, -0.25) is 9.89 Å². The zero-order valence-corrected chi connectivity index (χ0v) is 14.2. The van der Waals surface area contributed by atoms with Crippen LogP contribution in [-0.2, 0) is 6.42 Å². The average Bonchev–Trinajstić information content (AvgIpc) is 3.10. The minimum absolute atomic E-state index is 0. The highest BCUT2D eigenvalue weighted by atomic mass is 35.5. The molecule has 0 bridgehead atoms. The first-order valence-electron chi connectivity index (χ1n) is 6.86. The standard InChI is InChI=1S/C14H14ClN7O.ClH/c1-2-11-9(13(23)19-14(16)17)6-18-22(11)7-3-4-10-8(5-7)12(15)21-20-10;/h3-6H,2H2,1H3,(H,20,21)(H4,16,17,19,23);1H. The number of nitrogens with zero attached hydrogens (tertiary/aromatic N) is 4. The summed E-state index contributed by atoms with van der Waals surface area (Å²) in [6, 6.07) is 5.52. The van der Waals surface area contributed by atoms with Crippen molar-refractivity contribution >= 4 is 46.8 Å². The molecular weight excluding hydrogens is 353 g/mol. The number of H-pyrrole nitrogens is 1. The number of nitrogens with two attached hydrogens (primary N) is 2. The molecule has 1 amide bonds. The molecule has 0 saturated carbocycles. The number of aromatic amines is 1. The predicted molar refractivity (Wildman–Crippen MR) is 95.0 cm³/mol. The number of aliphatic imine (C=N–C) groups is 1. The van der Waals surface area contributed by atoms with Crippen LogP contribution in [0.2, 0.25) is 5.15 Å². The Balaban J connectivity index is 0.00000208. The molecule has 24 heavy (non-hydrogen) atoms. The van der Waals surface area contributed by atoms with Gasteiger partial charge in [-0.25, -0.2) is 4.68 Å². The number of nitrogens with one attached hydrogen (secondary N) is 1. The van der Waals surface area contributed by atoms with Crippen molar-refractivity contribution in [2.24, 2.45) is 16.5 Å². The van der Waals surface area contributed by atoms with Gasteiger partial charge in [0, 0.05) is 5.39 Å². The predicted octanol–water partition coefficient (Wildman–Crippen LogP) is 1.80. The first-order valence-corrected chi connectivity index (χ1v) is 7.24. The molecule has 0 aliphatic heterocycles. The van der Waals surface area contributed by atoms with E-state index in [-0.39, 0.29) is 18.4 Å². The minimum Gasteiger partial charge on any atom is -0.370 e. The summed E-state index contributed by atoms with van der Waals surface area (Å²) in [6.45, 7) is 1.92. The molecule has 0 aliphatic rings. The Bertz CT molecular complexity index is 924. The van der Waals surface area contributed by atoms with Crippen molar-refractivity contribution in [2.75, 3.05) is 0 Å². The summed E-state index contributed by atoms with van der Waals surface area (Å²) in [6.07, 6.45) is 2.03. The summed E-state index contributed by atoms with van der Waals surface area (Å²) in [5.41, 5.74) is 13.1. The van der Waals surface area contributed by atoms with E-state index in [0.717, 1.165) is 16.6 Å². The highest BCUT2D eigenvalue weighted by Crippen LogP contribution is 2.24. The number of amides is 1. The molecule has 0 radical (unpaired) electrons. The monoisotopic (exact) mass is 367 g/mol. The summed E-state index contributed by atoms with van der Waals surface area (Å²) < 4.78 is 1.66. The first kappa shape index (κ1) is 17.8. The molecular formula is C14H15Cl2N7O. The zero-order valence-electron chi connectivity index (χ0n) is 12.7. The SMILES string of the molecule is CCc1c(C(=O)N=C(N)N)cnn1-c1ccc2n[nH]c(Cl)c2c1.Cl. The first-order chi connectivity index (χ1) is 11.0. The average molecular weight is 368 g/mol. The number of halogens is 2. The second kappa shape index (κ2) is 6.90. The summed E-state index contributed by atoms with van der Waals surface area (Å²) in [5, 5.41) is 12.3. The van der Waals surface area contributed by atoms with E-state index < -0.39 is 5.91 Å². The maximum absolute atomic E-state index is 12.1. The van der Waals surface area contributed by atoms with E-state index in [4.69, 9.17) is 23.1 Å². The Kier molecular flexibility index (Phi) is 5.10. The number of aromatic nitrogens is 4. The maximum atomic E-state index is 12.1. The third-order valence-electron chi connectivity index (χ3n) is 3.40. The number of hydrogen-bond donors (Lipinski definition) is 3. The van der Waals surface area contributed by atoms with Gasteiger partial charge in [0.15, 0.2) is 5.96 Å². The van der Waals surface area contributed by atoms with Gasteiger partial charge in [-0.2, -0.15) is 15.2 Å². The molecule has 0 aliphatic carbocycles. The van der Waals surface area contributed by atoms with E-state index in [2.05, 4.69) is 20.3 Å². The lowest BCUT2D eigenvalue weighted by molar-refractivity contribution is 0.100. The van der Waals surface area contributed by atoms with E-state index in [1.807, 2.05) is 25.1 Å². The molecule has 10 heteroatoms. The van der Waals surface area contributed by atoms with Gasteiger partial charge in [0.2, 0.25) is 0 Å². The van der Waals surface area contributed by atoms with Crippen LogP contribution in [-0.4, -0.2) is 31.8 Å². The van der Waals surface area contributed by atoms with Gasteiger partial charge in [-0.05, 0) is 24.6 Å². The van der Waals surface area contributed by atoms with Gasteiger partial charge in [0.05, 0.1) is 28.7 Å². The van der Waals surface area contributed by atoms with Crippen LogP contribution in [0.1, 0.15) is 23.0 Å². The topological polar surface area (TPSA) is 128 Å². The van der Waals surface area contributed by atoms with Crippen molar-refractivity contribution < 1.29 is 4.79 Å². The van der Waals surface area contributed by atoms with Crippen LogP contribution >= 0.6 is 24.0 Å². The quantitative estimate of drug-likeness (QED) is 0.480. The van der Waals surface area contributed by atoms with Crippen LogP contribution in [0.3, 0.4) is 0 Å². The van der Waals surface area contributed by atoms with Crippen molar-refractivity contribution in [3.05, 3.63) is 40.8 Å². The molecule has 5 N–H and O–H groups in total. The maximum Gasteiger partial charge on any atom is 0.283 e. The van der Waals surface area contributed by atoms with Gasteiger partial charge in [0.25, 0.3) is 5.91 Å². The van der Waals surface area contributed by atoms with Gasteiger partial charge < -0.3 is 11.5 Å². The second-order valence-corrected chi connectivity index (χ2v) is 5.23. The molecule has 0 unspecified atom stereocenters. The van der Waals surface area contributed by atoms with Crippen LogP contribution in [0, 0.1) is 0 Å². The molecule has 126 valence electrons. The largest absolute Gasteiger partial charge is 0.370 e. The van der Waals surface area contributed by atoms with Crippen molar-refractivity contribution in [1.82, 2.24) is 20.0 Å². The lowest BCUT2D eigenvalue weighted by Crippen LogP contribution is -2.24. The highest BCUT2D eigenvalue weighted by molar-refractivity contribution is 6.34. The summed E-state index contributed by atoms with van der Waals surface area (Å²) in [7, 11) is 0. The van der Waals surface area contributed by atoms with E-state index >= 15 is 0 Å². The molecule has 0 atom stereocenters. The highest BCUT2D eigenvalue weighted by Gasteiger charge is 2.17. The third-order valence-corrected chi connectivity index (χ3v) is 3.69. The molecule has 0 saturated heterocycles. The van der Waals surface area contributed by atoms with Gasteiger partial charge in [-0.15, -0.1) is 12.4 Å². The normalized spacial score (nSPS) is 10.4. The van der Waals surface area contributed by atoms with Gasteiger partial charge >= 0.3 is 0 Å². The van der Waals surface area contributed by atoms with Gasteiger partial charge in [0.1, 0.15) is 5.15 Å². The number of hydrogen-bond acceptors (Lipinski definition) is 3. The van der Waals surface area contributed by atoms with Crippen LogP contribution in [0.15, 0.2) is 29.4 Å². The molecule has 8 nitrogen and oxygen atoms in total. The van der Waals surface area contributed by atoms with Gasteiger partial charge in [-0.1, -0.05) is 18.5 Å². The zero-order chi connectivity index (χ0) is 16.6. The van der Waals surface area contributed by atoms with Crippen molar-refractivity contribution in [3.63, 3.8) is 0 Å². The fraction of sp³-hybridized carbons (Fsp3) is 0.143. The number of guanidine groups is 1.